The molecule has 0 aliphatic carbocycles. The minimum Gasteiger partial charge on any atom is -0.481 e. The van der Waals surface area contributed by atoms with E-state index < -0.39 is 12.0 Å². The van der Waals surface area contributed by atoms with Crippen LogP contribution in [0.15, 0.2) is 24.3 Å². The van der Waals surface area contributed by atoms with Crippen LogP contribution in [0.4, 0.5) is 10.5 Å². The normalized spacial score (nSPS) is 11.4. The van der Waals surface area contributed by atoms with E-state index >= 15 is 0 Å². The number of carboxylic acid groups (broad SMARTS) is 1. The summed E-state index contributed by atoms with van der Waals surface area (Å²) in [6.45, 7) is 2.00. The van der Waals surface area contributed by atoms with Gasteiger partial charge in [0.2, 0.25) is 0 Å². The predicted octanol–water partition coefficient (Wildman–Crippen LogP) is 1.02. The number of carbonyl (C=O) groups is 3. The van der Waals surface area contributed by atoms with E-state index in [1.54, 1.807) is 25.1 Å². The van der Waals surface area contributed by atoms with Crippen LogP contribution in [-0.4, -0.2) is 29.6 Å². The average molecular weight is 279 g/mol. The van der Waals surface area contributed by atoms with E-state index in [0.717, 1.165) is 0 Å². The summed E-state index contributed by atoms with van der Waals surface area (Å²) in [5.41, 5.74) is 5.77. The minimum atomic E-state index is -0.903. The highest BCUT2D eigenvalue weighted by Crippen LogP contribution is 2.10. The minimum absolute atomic E-state index is 0.0104. The number of anilines is 1. The maximum atomic E-state index is 11.9. The van der Waals surface area contributed by atoms with E-state index in [4.69, 9.17) is 10.8 Å². The van der Waals surface area contributed by atoms with Gasteiger partial charge >= 0.3 is 12.0 Å². The molecule has 1 atom stereocenters. The van der Waals surface area contributed by atoms with Crippen LogP contribution in [0.1, 0.15) is 23.7 Å². The van der Waals surface area contributed by atoms with Crippen molar-refractivity contribution in [3.05, 3.63) is 29.8 Å². The number of hydrogen-bond acceptors (Lipinski definition) is 3. The van der Waals surface area contributed by atoms with Crippen molar-refractivity contribution in [2.75, 3.05) is 11.9 Å². The summed E-state index contributed by atoms with van der Waals surface area (Å²) in [7, 11) is 0. The zero-order chi connectivity index (χ0) is 15.1. The molecular weight excluding hydrogens is 262 g/mol. The highest BCUT2D eigenvalue weighted by molar-refractivity contribution is 5.96. The number of urea groups is 1. The van der Waals surface area contributed by atoms with Crippen molar-refractivity contribution in [3.8, 4) is 0 Å². The molecule has 0 fully saturated rings. The Balaban J connectivity index is 2.59. The van der Waals surface area contributed by atoms with Gasteiger partial charge in [-0.2, -0.15) is 0 Å². The van der Waals surface area contributed by atoms with Crippen LogP contribution in [0.3, 0.4) is 0 Å². The van der Waals surface area contributed by atoms with Gasteiger partial charge in [0.05, 0.1) is 0 Å². The number of nitrogens with two attached hydrogens (primary N) is 1. The van der Waals surface area contributed by atoms with Crippen LogP contribution in [0.25, 0.3) is 0 Å². The fourth-order valence-corrected chi connectivity index (χ4v) is 1.62. The molecule has 0 aromatic heterocycles. The van der Waals surface area contributed by atoms with Crippen molar-refractivity contribution in [2.45, 2.75) is 13.3 Å². The first kappa shape index (κ1) is 15.5. The van der Waals surface area contributed by atoms with Crippen molar-refractivity contribution >= 4 is 23.6 Å². The summed E-state index contributed by atoms with van der Waals surface area (Å²) < 4.78 is 0. The molecule has 0 saturated carbocycles. The zero-order valence-electron chi connectivity index (χ0n) is 11.1. The molecule has 1 rings (SSSR count). The molecule has 7 heteroatoms. The summed E-state index contributed by atoms with van der Waals surface area (Å²) in [6.07, 6.45) is -0.0104. The lowest BCUT2D eigenvalue weighted by molar-refractivity contribution is -0.137. The van der Waals surface area contributed by atoms with E-state index in [9.17, 15) is 14.4 Å². The van der Waals surface area contributed by atoms with Gasteiger partial charge in [0.1, 0.15) is 0 Å². The Hall–Kier alpha value is -2.57. The molecule has 108 valence electrons. The Morgan fingerprint density at radius 2 is 2.05 bits per heavy atom. The summed E-state index contributed by atoms with van der Waals surface area (Å²) in [6, 6.07) is 5.58. The number of carbonyl (C=O) groups excluding carboxylic acids is 2. The van der Waals surface area contributed by atoms with Crippen molar-refractivity contribution in [1.82, 2.24) is 5.32 Å². The fourth-order valence-electron chi connectivity index (χ4n) is 1.62. The van der Waals surface area contributed by atoms with E-state index in [1.165, 1.54) is 6.07 Å². The highest BCUT2D eigenvalue weighted by Gasteiger charge is 2.11. The number of carboxylic acids is 1. The number of primary amides is 1. The van der Waals surface area contributed by atoms with Gasteiger partial charge in [-0.25, -0.2) is 4.79 Å². The Kier molecular flexibility index (Phi) is 5.52. The third-order valence-corrected chi connectivity index (χ3v) is 2.53. The van der Waals surface area contributed by atoms with Gasteiger partial charge in [0, 0.05) is 24.2 Å². The molecule has 20 heavy (non-hydrogen) atoms. The zero-order valence-corrected chi connectivity index (χ0v) is 11.1. The third-order valence-electron chi connectivity index (χ3n) is 2.53. The third kappa shape index (κ3) is 5.38. The lowest BCUT2D eigenvalue weighted by Gasteiger charge is -2.11. The Bertz CT molecular complexity index is 516. The Morgan fingerprint density at radius 1 is 1.35 bits per heavy atom. The van der Waals surface area contributed by atoms with E-state index in [-0.39, 0.29) is 24.8 Å². The van der Waals surface area contributed by atoms with Gasteiger partial charge in [0.25, 0.3) is 5.91 Å². The molecule has 0 radical (unpaired) electrons. The fraction of sp³-hybridized carbons (Fsp3) is 0.308. The first-order chi connectivity index (χ1) is 9.38. The van der Waals surface area contributed by atoms with Crippen LogP contribution in [0, 0.1) is 5.92 Å². The summed E-state index contributed by atoms with van der Waals surface area (Å²) in [5, 5.41) is 13.6. The quantitative estimate of drug-likeness (QED) is 0.621. The van der Waals surface area contributed by atoms with Crippen LogP contribution in [-0.2, 0) is 4.79 Å². The van der Waals surface area contributed by atoms with Crippen LogP contribution in [0.2, 0.25) is 0 Å². The molecule has 1 unspecified atom stereocenters. The maximum Gasteiger partial charge on any atom is 0.316 e. The molecular formula is C13H17N3O4. The summed E-state index contributed by atoms with van der Waals surface area (Å²) in [5.74, 6) is -1.40. The summed E-state index contributed by atoms with van der Waals surface area (Å²) in [4.78, 5) is 33.1. The van der Waals surface area contributed by atoms with E-state index in [0.29, 0.717) is 11.3 Å². The second-order valence-corrected chi connectivity index (χ2v) is 4.48. The highest BCUT2D eigenvalue weighted by atomic mass is 16.4. The molecule has 0 aliphatic rings. The maximum absolute atomic E-state index is 11.9. The second-order valence-electron chi connectivity index (χ2n) is 4.48. The van der Waals surface area contributed by atoms with Gasteiger partial charge in [-0.15, -0.1) is 0 Å². The van der Waals surface area contributed by atoms with Gasteiger partial charge in [-0.1, -0.05) is 13.0 Å². The van der Waals surface area contributed by atoms with Crippen LogP contribution >= 0.6 is 0 Å². The van der Waals surface area contributed by atoms with Crippen molar-refractivity contribution in [1.29, 1.82) is 0 Å². The molecule has 1 aromatic rings. The van der Waals surface area contributed by atoms with Crippen LogP contribution in [0.5, 0.6) is 0 Å². The molecule has 7 nitrogen and oxygen atoms in total. The molecule has 0 spiro atoms. The number of benzene rings is 1. The SMILES string of the molecule is CC(CNC(=O)c1cccc(NC(N)=O)c1)CC(=O)O. The van der Waals surface area contributed by atoms with Crippen molar-refractivity contribution in [3.63, 3.8) is 0 Å². The number of amides is 3. The van der Waals surface area contributed by atoms with Crippen LogP contribution < -0.4 is 16.4 Å². The van der Waals surface area contributed by atoms with Crippen molar-refractivity contribution < 1.29 is 19.5 Å². The average Bonchev–Trinajstić information content (AvgIpc) is 2.34. The molecule has 0 saturated heterocycles. The monoisotopic (exact) mass is 279 g/mol. The number of aliphatic carboxylic acids is 1. The summed E-state index contributed by atoms with van der Waals surface area (Å²) >= 11 is 0. The van der Waals surface area contributed by atoms with Gasteiger partial charge in [-0.05, 0) is 24.1 Å². The topological polar surface area (TPSA) is 122 Å². The van der Waals surface area contributed by atoms with Gasteiger partial charge < -0.3 is 21.5 Å². The number of hydrogen-bond donors (Lipinski definition) is 4. The molecule has 1 aromatic carbocycles. The first-order valence-electron chi connectivity index (χ1n) is 6.05. The molecule has 0 heterocycles. The predicted molar refractivity (Wildman–Crippen MR) is 73.4 cm³/mol. The van der Waals surface area contributed by atoms with E-state index in [1.807, 2.05) is 0 Å². The lowest BCUT2D eigenvalue weighted by Crippen LogP contribution is -2.29. The number of nitrogens with one attached hydrogen (secondary N) is 2. The van der Waals surface area contributed by atoms with E-state index in [2.05, 4.69) is 10.6 Å². The first-order valence-corrected chi connectivity index (χ1v) is 6.05. The van der Waals surface area contributed by atoms with Crippen molar-refractivity contribution in [2.24, 2.45) is 11.7 Å². The largest absolute Gasteiger partial charge is 0.481 e. The standard InChI is InChI=1S/C13H17N3O4/c1-8(5-11(17)18)7-15-12(19)9-3-2-4-10(6-9)16-13(14)20/h2-4,6,8H,5,7H2,1H3,(H,15,19)(H,17,18)(H3,14,16,20). The smallest absolute Gasteiger partial charge is 0.316 e. The second kappa shape index (κ2) is 7.13. The molecule has 5 N–H and O–H groups in total. The van der Waals surface area contributed by atoms with Gasteiger partial charge in [0.15, 0.2) is 0 Å². The Morgan fingerprint density at radius 3 is 2.65 bits per heavy atom. The Labute approximate surface area is 116 Å². The molecule has 0 bridgehead atoms. The molecule has 3 amide bonds. The number of rotatable bonds is 6. The molecule has 0 aliphatic heterocycles. The van der Waals surface area contributed by atoms with Gasteiger partial charge in [-0.3, -0.25) is 9.59 Å². The lowest BCUT2D eigenvalue weighted by atomic mass is 10.1.